The first-order valence-corrected chi connectivity index (χ1v) is 6.75. The predicted octanol–water partition coefficient (Wildman–Crippen LogP) is 0.0226. The fourth-order valence-corrected chi connectivity index (χ4v) is 2.16. The third kappa shape index (κ3) is 5.80. The highest BCUT2D eigenvalue weighted by Gasteiger charge is 2.20. The van der Waals surface area contributed by atoms with Crippen LogP contribution in [0.2, 0.25) is 0 Å². The van der Waals surface area contributed by atoms with E-state index in [0.717, 1.165) is 38.7 Å². The van der Waals surface area contributed by atoms with Gasteiger partial charge in [-0.1, -0.05) is 0 Å². The zero-order valence-electron chi connectivity index (χ0n) is 11.9. The van der Waals surface area contributed by atoms with Gasteiger partial charge in [0.05, 0.1) is 13.2 Å². The zero-order valence-corrected chi connectivity index (χ0v) is 11.9. The van der Waals surface area contributed by atoms with Crippen LogP contribution in [0.15, 0.2) is 0 Å². The van der Waals surface area contributed by atoms with E-state index in [1.807, 2.05) is 14.1 Å². The number of likely N-dealkylation sites (tertiary alicyclic amines) is 1. The molecule has 18 heavy (non-hydrogen) atoms. The first kappa shape index (κ1) is 15.4. The number of ether oxygens (including phenoxy) is 1. The molecule has 5 heteroatoms. The van der Waals surface area contributed by atoms with Crippen molar-refractivity contribution in [1.82, 2.24) is 15.1 Å². The molecule has 1 N–H and O–H groups in total. The van der Waals surface area contributed by atoms with Gasteiger partial charge in [0.2, 0.25) is 5.91 Å². The SMILES string of the molecule is COCCNCC1CCN(CC(=O)N(C)C)CC1. The van der Waals surface area contributed by atoms with Crippen molar-refractivity contribution in [2.24, 2.45) is 5.92 Å². The number of methoxy groups -OCH3 is 1. The molecule has 1 saturated heterocycles. The van der Waals surface area contributed by atoms with Gasteiger partial charge in [0, 0.05) is 27.7 Å². The highest BCUT2D eigenvalue weighted by Crippen LogP contribution is 2.16. The molecule has 0 aromatic heterocycles. The summed E-state index contributed by atoms with van der Waals surface area (Å²) in [5, 5.41) is 3.41. The number of carbonyl (C=O) groups excluding carboxylic acids is 1. The maximum absolute atomic E-state index is 11.6. The van der Waals surface area contributed by atoms with E-state index >= 15 is 0 Å². The highest BCUT2D eigenvalue weighted by atomic mass is 16.5. The van der Waals surface area contributed by atoms with Crippen LogP contribution < -0.4 is 5.32 Å². The van der Waals surface area contributed by atoms with Crippen LogP contribution in [0.4, 0.5) is 0 Å². The van der Waals surface area contributed by atoms with Crippen LogP contribution in [0, 0.1) is 5.92 Å². The Balaban J connectivity index is 2.11. The van der Waals surface area contributed by atoms with Gasteiger partial charge in [-0.15, -0.1) is 0 Å². The van der Waals surface area contributed by atoms with E-state index in [-0.39, 0.29) is 5.91 Å². The van der Waals surface area contributed by atoms with Crippen LogP contribution in [0.25, 0.3) is 0 Å². The largest absolute Gasteiger partial charge is 0.383 e. The number of likely N-dealkylation sites (N-methyl/N-ethyl adjacent to an activating group) is 1. The minimum absolute atomic E-state index is 0.201. The Morgan fingerprint density at radius 3 is 2.61 bits per heavy atom. The van der Waals surface area contributed by atoms with Gasteiger partial charge in [0.25, 0.3) is 0 Å². The average molecular weight is 257 g/mol. The molecule has 0 saturated carbocycles. The summed E-state index contributed by atoms with van der Waals surface area (Å²) in [5.74, 6) is 0.944. The lowest BCUT2D eigenvalue weighted by atomic mass is 9.97. The Morgan fingerprint density at radius 1 is 1.39 bits per heavy atom. The topological polar surface area (TPSA) is 44.8 Å². The molecule has 5 nitrogen and oxygen atoms in total. The molecule has 0 aliphatic carbocycles. The van der Waals surface area contributed by atoms with Crippen molar-refractivity contribution in [3.8, 4) is 0 Å². The average Bonchev–Trinajstić information content (AvgIpc) is 2.36. The van der Waals surface area contributed by atoms with E-state index in [2.05, 4.69) is 10.2 Å². The van der Waals surface area contributed by atoms with E-state index < -0.39 is 0 Å². The molecule has 1 amide bonds. The Kier molecular flexibility index (Phi) is 7.23. The van der Waals surface area contributed by atoms with Gasteiger partial charge in [0.1, 0.15) is 0 Å². The lowest BCUT2D eigenvalue weighted by Gasteiger charge is -2.32. The standard InChI is InChI=1S/C13H27N3O2/c1-15(2)13(17)11-16-7-4-12(5-8-16)10-14-6-9-18-3/h12,14H,4-11H2,1-3H3. The third-order valence-electron chi connectivity index (χ3n) is 3.48. The molecule has 0 aromatic rings. The fourth-order valence-electron chi connectivity index (χ4n) is 2.16. The van der Waals surface area contributed by atoms with Crippen LogP contribution in [0.3, 0.4) is 0 Å². The Hall–Kier alpha value is -0.650. The molecular formula is C13H27N3O2. The number of nitrogens with zero attached hydrogens (tertiary/aromatic N) is 2. The summed E-state index contributed by atoms with van der Waals surface area (Å²) in [4.78, 5) is 15.5. The summed E-state index contributed by atoms with van der Waals surface area (Å²) >= 11 is 0. The maximum Gasteiger partial charge on any atom is 0.236 e. The highest BCUT2D eigenvalue weighted by molar-refractivity contribution is 5.77. The van der Waals surface area contributed by atoms with Gasteiger partial charge < -0.3 is 15.0 Å². The minimum atomic E-state index is 0.201. The van der Waals surface area contributed by atoms with Gasteiger partial charge in [-0.25, -0.2) is 0 Å². The van der Waals surface area contributed by atoms with Crippen molar-refractivity contribution in [3.05, 3.63) is 0 Å². The van der Waals surface area contributed by atoms with Crippen molar-refractivity contribution < 1.29 is 9.53 Å². The van der Waals surface area contributed by atoms with Crippen molar-refractivity contribution in [1.29, 1.82) is 0 Å². The van der Waals surface area contributed by atoms with E-state index in [4.69, 9.17) is 4.74 Å². The molecule has 0 unspecified atom stereocenters. The van der Waals surface area contributed by atoms with E-state index in [1.54, 1.807) is 12.0 Å². The summed E-state index contributed by atoms with van der Waals surface area (Å²) in [6, 6.07) is 0. The second kappa shape index (κ2) is 8.45. The molecule has 1 aliphatic rings. The number of carbonyl (C=O) groups is 1. The van der Waals surface area contributed by atoms with Crippen LogP contribution in [0.1, 0.15) is 12.8 Å². The summed E-state index contributed by atoms with van der Waals surface area (Å²) in [6.07, 6.45) is 2.36. The van der Waals surface area contributed by atoms with Crippen LogP contribution in [0.5, 0.6) is 0 Å². The Morgan fingerprint density at radius 2 is 2.06 bits per heavy atom. The minimum Gasteiger partial charge on any atom is -0.383 e. The maximum atomic E-state index is 11.6. The number of hydrogen-bond acceptors (Lipinski definition) is 4. The first-order chi connectivity index (χ1) is 8.63. The van der Waals surface area contributed by atoms with Gasteiger partial charge in [-0.3, -0.25) is 9.69 Å². The van der Waals surface area contributed by atoms with Gasteiger partial charge in [-0.2, -0.15) is 0 Å². The number of hydrogen-bond donors (Lipinski definition) is 1. The first-order valence-electron chi connectivity index (χ1n) is 6.75. The van der Waals surface area contributed by atoms with Crippen LogP contribution >= 0.6 is 0 Å². The summed E-state index contributed by atoms with van der Waals surface area (Å²) in [5.41, 5.74) is 0. The molecule has 0 spiro atoms. The molecule has 1 fully saturated rings. The Labute approximate surface area is 110 Å². The summed E-state index contributed by atoms with van der Waals surface area (Å²) in [7, 11) is 5.35. The summed E-state index contributed by atoms with van der Waals surface area (Å²) < 4.78 is 5.00. The van der Waals surface area contributed by atoms with Crippen LogP contribution in [-0.4, -0.2) is 76.2 Å². The van der Waals surface area contributed by atoms with Crippen molar-refractivity contribution in [2.75, 3.05) is 60.5 Å². The molecule has 1 heterocycles. The predicted molar refractivity (Wildman–Crippen MR) is 72.6 cm³/mol. The lowest BCUT2D eigenvalue weighted by molar-refractivity contribution is -0.130. The molecular weight excluding hydrogens is 230 g/mol. The van der Waals surface area contributed by atoms with Crippen LogP contribution in [-0.2, 0) is 9.53 Å². The number of piperidine rings is 1. The molecule has 0 bridgehead atoms. The second-order valence-corrected chi connectivity index (χ2v) is 5.20. The number of amides is 1. The van der Waals surface area contributed by atoms with Crippen molar-refractivity contribution in [2.45, 2.75) is 12.8 Å². The van der Waals surface area contributed by atoms with Gasteiger partial charge in [0.15, 0.2) is 0 Å². The fraction of sp³-hybridized carbons (Fsp3) is 0.923. The van der Waals surface area contributed by atoms with Gasteiger partial charge >= 0.3 is 0 Å². The zero-order chi connectivity index (χ0) is 13.4. The molecule has 106 valence electrons. The van der Waals surface area contributed by atoms with Gasteiger partial charge in [-0.05, 0) is 38.4 Å². The monoisotopic (exact) mass is 257 g/mol. The molecule has 1 aliphatic heterocycles. The normalized spacial score (nSPS) is 17.9. The smallest absolute Gasteiger partial charge is 0.236 e. The van der Waals surface area contributed by atoms with E-state index in [9.17, 15) is 4.79 Å². The number of nitrogens with one attached hydrogen (secondary N) is 1. The Bertz CT molecular complexity index is 238. The molecule has 0 radical (unpaired) electrons. The quantitative estimate of drug-likeness (QED) is 0.653. The van der Waals surface area contributed by atoms with Crippen molar-refractivity contribution >= 4 is 5.91 Å². The van der Waals surface area contributed by atoms with Crippen molar-refractivity contribution in [3.63, 3.8) is 0 Å². The molecule has 0 atom stereocenters. The molecule has 0 aromatic carbocycles. The molecule has 1 rings (SSSR count). The summed E-state index contributed by atoms with van der Waals surface area (Å²) in [6.45, 7) is 5.41. The van der Waals surface area contributed by atoms with E-state index in [1.165, 1.54) is 12.8 Å². The lowest BCUT2D eigenvalue weighted by Crippen LogP contribution is -2.42. The second-order valence-electron chi connectivity index (χ2n) is 5.20. The number of rotatable bonds is 7. The third-order valence-corrected chi connectivity index (χ3v) is 3.48. The van der Waals surface area contributed by atoms with E-state index in [0.29, 0.717) is 6.54 Å².